The lowest BCUT2D eigenvalue weighted by Gasteiger charge is -2.42. The SMILES string of the molecule is CC(C)[Si](OC[C@@H](O)CNC(=O)c1ccc(-c2cc(Oc3ccc(S(C)(=O)=O)nc3)cc(O[C@@H](C)CF)c2)[nH]1)(C(C)C)C(C)C. The molecule has 0 aliphatic carbocycles. The summed E-state index contributed by atoms with van der Waals surface area (Å²) in [6.45, 7) is 14.1. The number of pyridine rings is 1. The van der Waals surface area contributed by atoms with Gasteiger partial charge in [-0.3, -0.25) is 4.79 Å². The van der Waals surface area contributed by atoms with Crippen LogP contribution in [0.15, 0.2) is 53.7 Å². The van der Waals surface area contributed by atoms with Crippen LogP contribution in [0.5, 0.6) is 17.2 Å². The van der Waals surface area contributed by atoms with Gasteiger partial charge in [0.1, 0.15) is 35.7 Å². The molecule has 0 radical (unpaired) electrons. The Morgan fingerprint density at radius 1 is 0.978 bits per heavy atom. The van der Waals surface area contributed by atoms with Gasteiger partial charge in [-0.15, -0.1) is 0 Å². The minimum absolute atomic E-state index is 0.0283. The first-order chi connectivity index (χ1) is 21.1. The van der Waals surface area contributed by atoms with Crippen molar-refractivity contribution < 1.29 is 36.6 Å². The number of sulfone groups is 1. The summed E-state index contributed by atoms with van der Waals surface area (Å²) in [7, 11) is -5.62. The second kappa shape index (κ2) is 15.3. The number of hydrogen-bond donors (Lipinski definition) is 3. The van der Waals surface area contributed by atoms with E-state index in [1.165, 1.54) is 18.3 Å². The first kappa shape index (κ1) is 36.2. The van der Waals surface area contributed by atoms with E-state index < -0.39 is 42.9 Å². The number of hydrogen-bond acceptors (Lipinski definition) is 8. The van der Waals surface area contributed by atoms with Gasteiger partial charge >= 0.3 is 0 Å². The summed E-state index contributed by atoms with van der Waals surface area (Å²) in [5.41, 5.74) is 2.58. The fraction of sp³-hybridized carbons (Fsp3) is 0.500. The number of carbonyl (C=O) groups excluding carboxylic acids is 1. The summed E-state index contributed by atoms with van der Waals surface area (Å²) in [6.07, 6.45) is 0.786. The van der Waals surface area contributed by atoms with Crippen LogP contribution in [0, 0.1) is 0 Å². The van der Waals surface area contributed by atoms with Gasteiger partial charge in [0, 0.05) is 30.1 Å². The normalized spacial score (nSPS) is 13.7. The van der Waals surface area contributed by atoms with E-state index in [4.69, 9.17) is 13.9 Å². The second-order valence-electron chi connectivity index (χ2n) is 12.3. The summed E-state index contributed by atoms with van der Waals surface area (Å²) in [5.74, 6) is 0.552. The number of halogens is 1. The zero-order valence-corrected chi connectivity index (χ0v) is 29.1. The Labute approximate surface area is 266 Å². The molecule has 1 amide bonds. The Kier molecular flexibility index (Phi) is 12.3. The Morgan fingerprint density at radius 3 is 2.18 bits per heavy atom. The van der Waals surface area contributed by atoms with Crippen molar-refractivity contribution in [2.75, 3.05) is 26.1 Å². The van der Waals surface area contributed by atoms with E-state index in [-0.39, 0.29) is 29.6 Å². The molecular formula is C32H46FN3O7SSi. The van der Waals surface area contributed by atoms with Crippen molar-refractivity contribution in [3.63, 3.8) is 0 Å². The molecule has 0 aliphatic heterocycles. The molecule has 0 unspecified atom stereocenters. The minimum Gasteiger partial charge on any atom is -0.488 e. The van der Waals surface area contributed by atoms with Gasteiger partial charge in [0.15, 0.2) is 23.2 Å². The Bertz CT molecular complexity index is 1510. The maximum Gasteiger partial charge on any atom is 0.267 e. The average Bonchev–Trinajstić information content (AvgIpc) is 3.46. The monoisotopic (exact) mass is 663 g/mol. The molecule has 3 rings (SSSR count). The van der Waals surface area contributed by atoms with Crippen molar-refractivity contribution in [3.05, 3.63) is 54.4 Å². The number of aromatic amines is 1. The second-order valence-corrected chi connectivity index (χ2v) is 19.7. The molecule has 10 nitrogen and oxygen atoms in total. The number of aromatic nitrogens is 2. The van der Waals surface area contributed by atoms with E-state index in [1.807, 2.05) is 0 Å². The predicted molar refractivity (Wildman–Crippen MR) is 175 cm³/mol. The molecule has 1 aromatic carbocycles. The van der Waals surface area contributed by atoms with Gasteiger partial charge in [-0.05, 0) is 59.9 Å². The minimum atomic E-state index is -3.47. The Morgan fingerprint density at radius 2 is 1.62 bits per heavy atom. The number of nitrogens with zero attached hydrogens (tertiary/aromatic N) is 1. The summed E-state index contributed by atoms with van der Waals surface area (Å²) in [4.78, 5) is 20.0. The third-order valence-electron chi connectivity index (χ3n) is 7.73. The first-order valence-electron chi connectivity index (χ1n) is 15.1. The third-order valence-corrected chi connectivity index (χ3v) is 14.8. The highest BCUT2D eigenvalue weighted by atomic mass is 32.2. The van der Waals surface area contributed by atoms with E-state index in [0.717, 1.165) is 6.26 Å². The van der Waals surface area contributed by atoms with E-state index >= 15 is 0 Å². The van der Waals surface area contributed by atoms with Gasteiger partial charge < -0.3 is 29.3 Å². The number of benzene rings is 1. The molecule has 2 atom stereocenters. The smallest absolute Gasteiger partial charge is 0.267 e. The number of rotatable bonds is 16. The maximum atomic E-state index is 13.2. The number of carbonyl (C=O) groups is 1. The van der Waals surface area contributed by atoms with Crippen molar-refractivity contribution in [1.29, 1.82) is 0 Å². The van der Waals surface area contributed by atoms with Crippen LogP contribution in [0.2, 0.25) is 16.6 Å². The highest BCUT2D eigenvalue weighted by molar-refractivity contribution is 7.90. The molecule has 0 spiro atoms. The number of nitrogens with one attached hydrogen (secondary N) is 2. The number of aliphatic hydroxyl groups is 1. The number of alkyl halides is 1. The van der Waals surface area contributed by atoms with Gasteiger partial charge in [-0.2, -0.15) is 0 Å². The van der Waals surface area contributed by atoms with Crippen LogP contribution >= 0.6 is 0 Å². The van der Waals surface area contributed by atoms with Crippen LogP contribution in [0.3, 0.4) is 0 Å². The number of amides is 1. The predicted octanol–water partition coefficient (Wildman–Crippen LogP) is 6.29. The van der Waals surface area contributed by atoms with Gasteiger partial charge in [0.25, 0.3) is 5.91 Å². The fourth-order valence-electron chi connectivity index (χ4n) is 5.70. The van der Waals surface area contributed by atoms with E-state index in [1.54, 1.807) is 37.3 Å². The molecule has 0 saturated carbocycles. The molecule has 248 valence electrons. The van der Waals surface area contributed by atoms with E-state index in [2.05, 4.69) is 56.8 Å². The van der Waals surface area contributed by atoms with Crippen molar-refractivity contribution in [2.24, 2.45) is 0 Å². The van der Waals surface area contributed by atoms with Crippen LogP contribution in [0.4, 0.5) is 4.39 Å². The topological polar surface area (TPSA) is 140 Å². The summed E-state index contributed by atoms with van der Waals surface area (Å²) in [5, 5.41) is 13.3. The molecular weight excluding hydrogens is 618 g/mol. The Hall–Kier alpha value is -3.26. The molecule has 45 heavy (non-hydrogen) atoms. The largest absolute Gasteiger partial charge is 0.488 e. The fourth-order valence-corrected chi connectivity index (χ4v) is 11.7. The van der Waals surface area contributed by atoms with Gasteiger partial charge in [0.2, 0.25) is 0 Å². The van der Waals surface area contributed by atoms with E-state index in [0.29, 0.717) is 39.4 Å². The van der Waals surface area contributed by atoms with Gasteiger partial charge in [-0.25, -0.2) is 17.8 Å². The zero-order chi connectivity index (χ0) is 33.5. The van der Waals surface area contributed by atoms with Crippen molar-refractivity contribution in [1.82, 2.24) is 15.3 Å². The molecule has 13 heteroatoms. The molecule has 2 aromatic heterocycles. The summed E-state index contributed by atoms with van der Waals surface area (Å²) >= 11 is 0. The van der Waals surface area contributed by atoms with Crippen LogP contribution in [-0.2, 0) is 14.3 Å². The van der Waals surface area contributed by atoms with E-state index in [9.17, 15) is 22.7 Å². The highest BCUT2D eigenvalue weighted by Crippen LogP contribution is 2.42. The highest BCUT2D eigenvalue weighted by Gasteiger charge is 2.45. The number of H-pyrrole nitrogens is 1. The van der Waals surface area contributed by atoms with Crippen molar-refractivity contribution >= 4 is 24.1 Å². The third kappa shape index (κ3) is 9.38. The van der Waals surface area contributed by atoms with Crippen molar-refractivity contribution in [3.8, 4) is 28.5 Å². The molecule has 0 fully saturated rings. The standard InChI is InChI=1S/C32H46FN3O7SSi/c1-20(2)45(21(3)4,22(5)6)41-19-25(37)17-35-32(38)30-11-10-29(36-30)24-13-27(42-23(7)16-33)15-28(14-24)43-26-9-12-31(34-18-26)44(8,39)40/h9-15,18,20-23,25,36-37H,16-17,19H2,1-8H3,(H,35,38)/t23-,25-/m0/s1. The molecule has 0 aliphatic rings. The summed E-state index contributed by atoms with van der Waals surface area (Å²) < 4.78 is 54.8. The van der Waals surface area contributed by atoms with Crippen LogP contribution in [0.25, 0.3) is 11.3 Å². The van der Waals surface area contributed by atoms with Crippen molar-refractivity contribution in [2.45, 2.75) is 82.3 Å². The van der Waals surface area contributed by atoms with Crippen LogP contribution in [-0.4, -0.2) is 76.0 Å². The maximum absolute atomic E-state index is 13.2. The first-order valence-corrected chi connectivity index (χ1v) is 19.1. The number of aliphatic hydroxyl groups excluding tert-OH is 1. The molecule has 0 bridgehead atoms. The lowest BCUT2D eigenvalue weighted by molar-refractivity contribution is 0.0809. The molecule has 3 N–H and O–H groups in total. The molecule has 0 saturated heterocycles. The van der Waals surface area contributed by atoms with Gasteiger partial charge in [0.05, 0.1) is 18.9 Å². The van der Waals surface area contributed by atoms with Gasteiger partial charge in [-0.1, -0.05) is 41.5 Å². The lowest BCUT2D eigenvalue weighted by Crippen LogP contribution is -2.50. The quantitative estimate of drug-likeness (QED) is 0.152. The Balaban J connectivity index is 1.74. The van der Waals surface area contributed by atoms with Crippen LogP contribution < -0.4 is 14.8 Å². The molecule has 3 aromatic rings. The lowest BCUT2D eigenvalue weighted by atomic mass is 10.1. The number of ether oxygens (including phenoxy) is 2. The van der Waals surface area contributed by atoms with Crippen LogP contribution in [0.1, 0.15) is 59.0 Å². The zero-order valence-electron chi connectivity index (χ0n) is 27.3. The summed E-state index contributed by atoms with van der Waals surface area (Å²) in [6, 6.07) is 11.1. The average molecular weight is 664 g/mol. The molecule has 2 heterocycles.